The molecule has 0 aliphatic rings. The van der Waals surface area contributed by atoms with E-state index in [2.05, 4.69) is 15.9 Å². The van der Waals surface area contributed by atoms with Crippen LogP contribution in [0.25, 0.3) is 0 Å². The molecule has 0 spiro atoms. The van der Waals surface area contributed by atoms with Gasteiger partial charge in [-0.15, -0.1) is 0 Å². The zero-order valence-electron chi connectivity index (χ0n) is 7.73. The second-order valence-corrected chi connectivity index (χ2v) is 3.84. The van der Waals surface area contributed by atoms with E-state index in [9.17, 15) is 4.79 Å². The molecule has 0 radical (unpaired) electrons. The first-order chi connectivity index (χ1) is 6.06. The third kappa shape index (κ3) is 2.10. The van der Waals surface area contributed by atoms with Crippen molar-refractivity contribution in [3.63, 3.8) is 0 Å². The molecule has 0 atom stereocenters. The van der Waals surface area contributed by atoms with Gasteiger partial charge in [-0.25, -0.2) is 0 Å². The van der Waals surface area contributed by atoms with Gasteiger partial charge in [-0.05, 0) is 40.5 Å². The van der Waals surface area contributed by atoms with E-state index in [-0.39, 0.29) is 5.78 Å². The van der Waals surface area contributed by atoms with E-state index in [1.807, 2.05) is 26.0 Å². The van der Waals surface area contributed by atoms with Gasteiger partial charge in [0.1, 0.15) is 0 Å². The maximum absolute atomic E-state index is 11.4. The van der Waals surface area contributed by atoms with Crippen LogP contribution in [0.4, 0.5) is 5.69 Å². The van der Waals surface area contributed by atoms with E-state index in [0.717, 1.165) is 10.0 Å². The van der Waals surface area contributed by atoms with Crippen LogP contribution in [-0.4, -0.2) is 5.78 Å². The molecule has 2 nitrogen and oxygen atoms in total. The van der Waals surface area contributed by atoms with Crippen LogP contribution < -0.4 is 5.73 Å². The van der Waals surface area contributed by atoms with Crippen LogP contribution in [0.15, 0.2) is 16.6 Å². The molecule has 0 amide bonds. The van der Waals surface area contributed by atoms with Crippen molar-refractivity contribution in [1.82, 2.24) is 0 Å². The van der Waals surface area contributed by atoms with E-state index < -0.39 is 0 Å². The quantitative estimate of drug-likeness (QED) is 0.640. The SMILES string of the molecule is CCC(=O)c1cc(C)cc(Br)c1N. The highest BCUT2D eigenvalue weighted by Crippen LogP contribution is 2.26. The molecule has 1 rings (SSSR count). The molecule has 0 heterocycles. The van der Waals surface area contributed by atoms with Gasteiger partial charge in [0.05, 0.1) is 5.69 Å². The van der Waals surface area contributed by atoms with E-state index in [0.29, 0.717) is 17.7 Å². The number of anilines is 1. The Labute approximate surface area is 86.3 Å². The smallest absolute Gasteiger partial charge is 0.164 e. The molecule has 70 valence electrons. The lowest BCUT2D eigenvalue weighted by molar-refractivity contribution is 0.0989. The molecule has 3 heteroatoms. The van der Waals surface area contributed by atoms with Crippen molar-refractivity contribution in [3.8, 4) is 0 Å². The fraction of sp³-hybridized carbons (Fsp3) is 0.300. The van der Waals surface area contributed by atoms with Gasteiger partial charge >= 0.3 is 0 Å². The topological polar surface area (TPSA) is 43.1 Å². The van der Waals surface area contributed by atoms with E-state index in [1.54, 1.807) is 0 Å². The monoisotopic (exact) mass is 241 g/mol. The average molecular weight is 242 g/mol. The number of nitrogen functional groups attached to an aromatic ring is 1. The fourth-order valence-corrected chi connectivity index (χ4v) is 1.75. The lowest BCUT2D eigenvalue weighted by atomic mass is 10.0. The molecule has 13 heavy (non-hydrogen) atoms. The van der Waals surface area contributed by atoms with Crippen LogP contribution in [0, 0.1) is 6.92 Å². The first-order valence-corrected chi connectivity index (χ1v) is 4.94. The Morgan fingerprint density at radius 1 is 1.54 bits per heavy atom. The average Bonchev–Trinajstić information content (AvgIpc) is 2.10. The third-order valence-electron chi connectivity index (χ3n) is 1.90. The number of aryl methyl sites for hydroxylation is 1. The molecule has 0 saturated heterocycles. The Hall–Kier alpha value is -0.830. The number of halogens is 1. The van der Waals surface area contributed by atoms with Crippen molar-refractivity contribution in [2.75, 3.05) is 5.73 Å². The molecule has 0 fully saturated rings. The number of carbonyl (C=O) groups excluding carboxylic acids is 1. The van der Waals surface area contributed by atoms with Crippen molar-refractivity contribution < 1.29 is 4.79 Å². The van der Waals surface area contributed by atoms with Gasteiger partial charge in [-0.1, -0.05) is 6.92 Å². The molecule has 0 aliphatic carbocycles. The Kier molecular flexibility index (Phi) is 3.09. The number of nitrogens with two attached hydrogens (primary N) is 1. The second kappa shape index (κ2) is 3.92. The van der Waals surface area contributed by atoms with Crippen LogP contribution >= 0.6 is 15.9 Å². The number of ketones is 1. The van der Waals surface area contributed by atoms with Crippen molar-refractivity contribution >= 4 is 27.4 Å². The predicted octanol–water partition coefficient (Wildman–Crippen LogP) is 2.93. The summed E-state index contributed by atoms with van der Waals surface area (Å²) < 4.78 is 0.796. The summed E-state index contributed by atoms with van der Waals surface area (Å²) in [6, 6.07) is 3.73. The highest BCUT2D eigenvalue weighted by atomic mass is 79.9. The minimum atomic E-state index is 0.0851. The summed E-state index contributed by atoms with van der Waals surface area (Å²) in [6.07, 6.45) is 0.486. The molecule has 0 bridgehead atoms. The number of benzene rings is 1. The van der Waals surface area contributed by atoms with Crippen molar-refractivity contribution in [2.45, 2.75) is 20.3 Å². The van der Waals surface area contributed by atoms with Gasteiger partial charge in [0, 0.05) is 16.5 Å². The molecule has 0 aliphatic heterocycles. The fourth-order valence-electron chi connectivity index (χ4n) is 1.17. The number of rotatable bonds is 2. The summed E-state index contributed by atoms with van der Waals surface area (Å²) in [5.41, 5.74) is 7.96. The maximum atomic E-state index is 11.4. The Morgan fingerprint density at radius 2 is 2.15 bits per heavy atom. The van der Waals surface area contributed by atoms with Crippen LogP contribution in [-0.2, 0) is 0 Å². The Bertz CT molecular complexity index is 347. The van der Waals surface area contributed by atoms with Crippen LogP contribution in [0.5, 0.6) is 0 Å². The standard InChI is InChI=1S/C10H12BrNO/c1-3-9(13)7-4-6(2)5-8(11)10(7)12/h4-5H,3,12H2,1-2H3. The summed E-state index contributed by atoms with van der Waals surface area (Å²) in [6.45, 7) is 3.77. The highest BCUT2D eigenvalue weighted by molar-refractivity contribution is 9.10. The summed E-state index contributed by atoms with van der Waals surface area (Å²) in [5.74, 6) is 0.0851. The molecular weight excluding hydrogens is 230 g/mol. The first-order valence-electron chi connectivity index (χ1n) is 4.15. The highest BCUT2D eigenvalue weighted by Gasteiger charge is 2.10. The van der Waals surface area contributed by atoms with Gasteiger partial charge in [0.2, 0.25) is 0 Å². The zero-order valence-corrected chi connectivity index (χ0v) is 9.31. The van der Waals surface area contributed by atoms with Crippen LogP contribution in [0.3, 0.4) is 0 Å². The van der Waals surface area contributed by atoms with Crippen LogP contribution in [0.1, 0.15) is 29.3 Å². The Balaban J connectivity index is 3.28. The van der Waals surface area contributed by atoms with Gasteiger partial charge in [-0.2, -0.15) is 0 Å². The predicted molar refractivity (Wildman–Crippen MR) is 57.9 cm³/mol. The second-order valence-electron chi connectivity index (χ2n) is 2.98. The van der Waals surface area contributed by atoms with Gasteiger partial charge < -0.3 is 5.73 Å². The number of carbonyl (C=O) groups is 1. The van der Waals surface area contributed by atoms with Crippen molar-refractivity contribution in [1.29, 1.82) is 0 Å². The lowest BCUT2D eigenvalue weighted by Crippen LogP contribution is -2.03. The molecule has 0 aromatic heterocycles. The van der Waals surface area contributed by atoms with E-state index in [4.69, 9.17) is 5.73 Å². The minimum Gasteiger partial charge on any atom is -0.397 e. The molecule has 0 unspecified atom stereocenters. The number of hydrogen-bond acceptors (Lipinski definition) is 2. The van der Waals surface area contributed by atoms with Gasteiger partial charge in [-0.3, -0.25) is 4.79 Å². The zero-order chi connectivity index (χ0) is 10.0. The summed E-state index contributed by atoms with van der Waals surface area (Å²) in [7, 11) is 0. The van der Waals surface area contributed by atoms with Gasteiger partial charge in [0.25, 0.3) is 0 Å². The lowest BCUT2D eigenvalue weighted by Gasteiger charge is -2.06. The van der Waals surface area contributed by atoms with Crippen LogP contribution in [0.2, 0.25) is 0 Å². The molecule has 1 aromatic carbocycles. The summed E-state index contributed by atoms with van der Waals surface area (Å²) in [5, 5.41) is 0. The number of hydrogen-bond donors (Lipinski definition) is 1. The van der Waals surface area contributed by atoms with Crippen molar-refractivity contribution in [2.24, 2.45) is 0 Å². The van der Waals surface area contributed by atoms with E-state index >= 15 is 0 Å². The largest absolute Gasteiger partial charge is 0.397 e. The molecule has 1 aromatic rings. The Morgan fingerprint density at radius 3 is 2.69 bits per heavy atom. The maximum Gasteiger partial charge on any atom is 0.164 e. The summed E-state index contributed by atoms with van der Waals surface area (Å²) in [4.78, 5) is 11.4. The summed E-state index contributed by atoms with van der Waals surface area (Å²) >= 11 is 3.32. The molecule has 0 saturated carbocycles. The molecule has 2 N–H and O–H groups in total. The van der Waals surface area contributed by atoms with Gasteiger partial charge in [0.15, 0.2) is 5.78 Å². The third-order valence-corrected chi connectivity index (χ3v) is 2.55. The normalized spacial score (nSPS) is 10.1. The van der Waals surface area contributed by atoms with Crippen molar-refractivity contribution in [3.05, 3.63) is 27.7 Å². The minimum absolute atomic E-state index is 0.0851. The van der Waals surface area contributed by atoms with E-state index in [1.165, 1.54) is 0 Å². The molecular formula is C10H12BrNO. The number of Topliss-reactive ketones (excluding diaryl/α,β-unsaturated/α-hetero) is 1. The first kappa shape index (κ1) is 10.3.